The molecule has 2 atom stereocenters. The van der Waals surface area contributed by atoms with Crippen molar-refractivity contribution in [3.8, 4) is 0 Å². The molecule has 0 amide bonds. The van der Waals surface area contributed by atoms with Crippen molar-refractivity contribution < 1.29 is 9.00 Å². The van der Waals surface area contributed by atoms with E-state index in [0.29, 0.717) is 11.3 Å². The van der Waals surface area contributed by atoms with E-state index in [9.17, 15) is 9.00 Å². The SMILES string of the molecule is CC(=O)C[C@@H](NS(=O)c1ccc(C)cc1)c1ccccc1. The number of Topliss-reactive ketones (excluding diaryl/α,β-unsaturated/α-hetero) is 1. The lowest BCUT2D eigenvalue weighted by molar-refractivity contribution is -0.117. The van der Waals surface area contributed by atoms with Crippen LogP contribution in [0.2, 0.25) is 0 Å². The minimum atomic E-state index is -1.34. The zero-order chi connectivity index (χ0) is 15.2. The molecule has 3 nitrogen and oxygen atoms in total. The second-order valence-electron chi connectivity index (χ2n) is 5.07. The summed E-state index contributed by atoms with van der Waals surface area (Å²) in [4.78, 5) is 12.2. The Morgan fingerprint density at radius 1 is 1.10 bits per heavy atom. The van der Waals surface area contributed by atoms with Crippen LogP contribution in [0, 0.1) is 6.92 Å². The lowest BCUT2D eigenvalue weighted by atomic mass is 10.0. The molecule has 2 rings (SSSR count). The molecule has 110 valence electrons. The summed E-state index contributed by atoms with van der Waals surface area (Å²) in [5.41, 5.74) is 2.09. The summed E-state index contributed by atoms with van der Waals surface area (Å²) in [6, 6.07) is 16.9. The van der Waals surface area contributed by atoms with Crippen LogP contribution in [0.25, 0.3) is 0 Å². The number of carbonyl (C=O) groups excluding carboxylic acids is 1. The van der Waals surface area contributed by atoms with Crippen LogP contribution in [0.3, 0.4) is 0 Å². The number of aryl methyl sites for hydroxylation is 1. The Hall–Kier alpha value is -1.78. The van der Waals surface area contributed by atoms with Crippen LogP contribution in [-0.4, -0.2) is 9.99 Å². The fraction of sp³-hybridized carbons (Fsp3) is 0.235. The molecule has 4 heteroatoms. The van der Waals surface area contributed by atoms with Crippen LogP contribution < -0.4 is 4.72 Å². The first-order valence-electron chi connectivity index (χ1n) is 6.85. The molecule has 0 aliphatic rings. The van der Waals surface area contributed by atoms with Gasteiger partial charge in [0.2, 0.25) is 0 Å². The van der Waals surface area contributed by atoms with Gasteiger partial charge in [0, 0.05) is 6.42 Å². The van der Waals surface area contributed by atoms with Gasteiger partial charge >= 0.3 is 0 Å². The molecule has 2 aromatic carbocycles. The molecule has 0 spiro atoms. The smallest absolute Gasteiger partial charge is 0.131 e. The van der Waals surface area contributed by atoms with Gasteiger partial charge in [-0.3, -0.25) is 4.79 Å². The second kappa shape index (κ2) is 7.29. The van der Waals surface area contributed by atoms with Crippen molar-refractivity contribution >= 4 is 16.8 Å². The van der Waals surface area contributed by atoms with Gasteiger partial charge in [-0.15, -0.1) is 0 Å². The van der Waals surface area contributed by atoms with Crippen molar-refractivity contribution in [1.82, 2.24) is 4.72 Å². The predicted molar refractivity (Wildman–Crippen MR) is 85.2 cm³/mol. The molecule has 0 heterocycles. The summed E-state index contributed by atoms with van der Waals surface area (Å²) in [6.45, 7) is 3.54. The Morgan fingerprint density at radius 2 is 1.71 bits per heavy atom. The third-order valence-corrected chi connectivity index (χ3v) is 4.38. The number of hydrogen-bond acceptors (Lipinski definition) is 2. The summed E-state index contributed by atoms with van der Waals surface area (Å²) < 4.78 is 15.5. The second-order valence-corrected chi connectivity index (χ2v) is 6.31. The molecule has 0 saturated heterocycles. The highest BCUT2D eigenvalue weighted by atomic mass is 32.2. The third-order valence-electron chi connectivity index (χ3n) is 3.18. The van der Waals surface area contributed by atoms with Crippen LogP contribution in [0.15, 0.2) is 59.5 Å². The van der Waals surface area contributed by atoms with E-state index < -0.39 is 11.0 Å². The molecule has 1 unspecified atom stereocenters. The van der Waals surface area contributed by atoms with E-state index in [0.717, 1.165) is 11.1 Å². The molecule has 0 saturated carbocycles. The molecular formula is C17H19NO2S. The molecule has 1 N–H and O–H groups in total. The number of benzene rings is 2. The Labute approximate surface area is 128 Å². The Balaban J connectivity index is 2.17. The van der Waals surface area contributed by atoms with E-state index in [1.165, 1.54) is 0 Å². The van der Waals surface area contributed by atoms with E-state index in [4.69, 9.17) is 0 Å². The van der Waals surface area contributed by atoms with Crippen molar-refractivity contribution in [2.45, 2.75) is 31.2 Å². The summed E-state index contributed by atoms with van der Waals surface area (Å²) in [7, 11) is -1.34. The minimum Gasteiger partial charge on any atom is -0.300 e. The van der Waals surface area contributed by atoms with Crippen molar-refractivity contribution in [2.75, 3.05) is 0 Å². The average molecular weight is 301 g/mol. The van der Waals surface area contributed by atoms with Gasteiger partial charge in [0.15, 0.2) is 0 Å². The topological polar surface area (TPSA) is 46.2 Å². The molecule has 0 aliphatic heterocycles. The lowest BCUT2D eigenvalue weighted by Gasteiger charge is -2.17. The maximum atomic E-state index is 12.4. The summed E-state index contributed by atoms with van der Waals surface area (Å²) in [5.74, 6) is 0.0669. The van der Waals surface area contributed by atoms with Crippen LogP contribution in [0.5, 0.6) is 0 Å². The molecule has 2 aromatic rings. The van der Waals surface area contributed by atoms with Crippen molar-refractivity contribution in [3.63, 3.8) is 0 Å². The molecule has 0 aromatic heterocycles. The Kier molecular flexibility index (Phi) is 5.42. The van der Waals surface area contributed by atoms with Gasteiger partial charge < -0.3 is 0 Å². The standard InChI is InChI=1S/C17H19NO2S/c1-13-8-10-16(11-9-13)21(20)18-17(12-14(2)19)15-6-4-3-5-7-15/h3-11,17-18H,12H2,1-2H3/t17-,21?/m1/s1. The maximum absolute atomic E-state index is 12.4. The van der Waals surface area contributed by atoms with Crippen LogP contribution in [0.1, 0.15) is 30.5 Å². The number of ketones is 1. The normalized spacial score (nSPS) is 13.6. The highest BCUT2D eigenvalue weighted by Crippen LogP contribution is 2.19. The molecule has 21 heavy (non-hydrogen) atoms. The quantitative estimate of drug-likeness (QED) is 0.889. The number of carbonyl (C=O) groups is 1. The van der Waals surface area contributed by atoms with Crippen molar-refractivity contribution in [1.29, 1.82) is 0 Å². The largest absolute Gasteiger partial charge is 0.300 e. The maximum Gasteiger partial charge on any atom is 0.131 e. The molecular weight excluding hydrogens is 282 g/mol. The van der Waals surface area contributed by atoms with E-state index in [-0.39, 0.29) is 11.8 Å². The number of hydrogen-bond donors (Lipinski definition) is 1. The van der Waals surface area contributed by atoms with Gasteiger partial charge in [-0.2, -0.15) is 0 Å². The van der Waals surface area contributed by atoms with E-state index in [1.54, 1.807) is 6.92 Å². The third kappa shape index (κ3) is 4.62. The first-order chi connectivity index (χ1) is 10.1. The lowest BCUT2D eigenvalue weighted by Crippen LogP contribution is -2.25. The van der Waals surface area contributed by atoms with E-state index >= 15 is 0 Å². The van der Waals surface area contributed by atoms with E-state index in [1.807, 2.05) is 61.5 Å². The zero-order valence-electron chi connectivity index (χ0n) is 12.2. The van der Waals surface area contributed by atoms with Gasteiger partial charge in [0.1, 0.15) is 16.8 Å². The highest BCUT2D eigenvalue weighted by Gasteiger charge is 2.16. The van der Waals surface area contributed by atoms with Crippen molar-refractivity contribution in [3.05, 3.63) is 65.7 Å². The first kappa shape index (κ1) is 15.6. The highest BCUT2D eigenvalue weighted by molar-refractivity contribution is 7.83. The summed E-state index contributed by atoms with van der Waals surface area (Å²) in [6.07, 6.45) is 0.321. The van der Waals surface area contributed by atoms with Crippen LogP contribution >= 0.6 is 0 Å². The fourth-order valence-electron chi connectivity index (χ4n) is 2.06. The zero-order valence-corrected chi connectivity index (χ0v) is 13.0. The molecule has 0 radical (unpaired) electrons. The summed E-state index contributed by atoms with van der Waals surface area (Å²) >= 11 is 0. The number of rotatable bonds is 6. The van der Waals surface area contributed by atoms with Gasteiger partial charge in [-0.1, -0.05) is 48.0 Å². The molecule has 0 fully saturated rings. The van der Waals surface area contributed by atoms with Crippen molar-refractivity contribution in [2.24, 2.45) is 0 Å². The Bertz CT molecular complexity index is 623. The first-order valence-corrected chi connectivity index (χ1v) is 8.00. The number of nitrogens with one attached hydrogen (secondary N) is 1. The van der Waals surface area contributed by atoms with Gasteiger partial charge in [-0.05, 0) is 31.5 Å². The fourth-order valence-corrected chi connectivity index (χ4v) is 3.06. The summed E-state index contributed by atoms with van der Waals surface area (Å²) in [5, 5.41) is 0. The average Bonchev–Trinajstić information content (AvgIpc) is 2.47. The van der Waals surface area contributed by atoms with Crippen LogP contribution in [0.4, 0.5) is 0 Å². The monoisotopic (exact) mass is 301 g/mol. The van der Waals surface area contributed by atoms with E-state index in [2.05, 4.69) is 4.72 Å². The van der Waals surface area contributed by atoms with Gasteiger partial charge in [0.05, 0.1) is 10.9 Å². The van der Waals surface area contributed by atoms with Gasteiger partial charge in [0.25, 0.3) is 0 Å². The molecule has 0 bridgehead atoms. The van der Waals surface area contributed by atoms with Gasteiger partial charge in [-0.25, -0.2) is 8.93 Å². The van der Waals surface area contributed by atoms with Crippen LogP contribution in [-0.2, 0) is 15.8 Å². The molecule has 0 aliphatic carbocycles. The minimum absolute atomic E-state index is 0.0669. The predicted octanol–water partition coefficient (Wildman–Crippen LogP) is 3.33. The Morgan fingerprint density at radius 3 is 2.29 bits per heavy atom.